The number of amides is 1. The molecule has 1 heterocycles. The van der Waals surface area contributed by atoms with Crippen LogP contribution in [0, 0.1) is 12.7 Å². The van der Waals surface area contributed by atoms with Crippen molar-refractivity contribution in [2.75, 3.05) is 11.1 Å². The lowest BCUT2D eigenvalue weighted by Gasteiger charge is -2.18. The summed E-state index contributed by atoms with van der Waals surface area (Å²) in [6.07, 6.45) is 0.766. The second-order valence-corrected chi connectivity index (χ2v) is 7.59. The van der Waals surface area contributed by atoms with Crippen molar-refractivity contribution in [3.8, 4) is 0 Å². The van der Waals surface area contributed by atoms with E-state index < -0.39 is 0 Å². The average molecular weight is 399 g/mol. The third-order valence-corrected chi connectivity index (χ3v) is 5.55. The molecule has 146 valence electrons. The predicted molar refractivity (Wildman–Crippen MR) is 111 cm³/mol. The summed E-state index contributed by atoms with van der Waals surface area (Å²) in [5.41, 5.74) is 1.42. The Bertz CT molecular complexity index is 1080. The van der Waals surface area contributed by atoms with Gasteiger partial charge in [0.05, 0.1) is 16.7 Å². The van der Waals surface area contributed by atoms with Gasteiger partial charge in [-0.05, 0) is 50.1 Å². The maximum Gasteiger partial charge on any atom is 0.262 e. The Kier molecular flexibility index (Phi) is 6.14. The Morgan fingerprint density at radius 1 is 1.29 bits per heavy atom. The van der Waals surface area contributed by atoms with E-state index in [0.29, 0.717) is 27.3 Å². The number of thioether (sulfide) groups is 1. The minimum atomic E-state index is -0.368. The molecular formula is C21H22FN3O2S. The van der Waals surface area contributed by atoms with Crippen molar-refractivity contribution in [1.82, 2.24) is 9.55 Å². The Hall–Kier alpha value is -2.67. The highest BCUT2D eigenvalue weighted by Crippen LogP contribution is 2.23. The summed E-state index contributed by atoms with van der Waals surface area (Å²) in [6.45, 7) is 5.62. The van der Waals surface area contributed by atoms with E-state index in [1.165, 1.54) is 17.8 Å². The molecule has 0 bridgehead atoms. The molecule has 28 heavy (non-hydrogen) atoms. The van der Waals surface area contributed by atoms with Gasteiger partial charge in [-0.15, -0.1) is 0 Å². The van der Waals surface area contributed by atoms with Crippen LogP contribution in [-0.4, -0.2) is 21.2 Å². The zero-order valence-corrected chi connectivity index (χ0v) is 16.8. The molecule has 0 saturated heterocycles. The van der Waals surface area contributed by atoms with Crippen LogP contribution in [0.15, 0.2) is 52.4 Å². The molecule has 0 aliphatic carbocycles. The van der Waals surface area contributed by atoms with Crippen LogP contribution >= 0.6 is 11.8 Å². The monoisotopic (exact) mass is 399 g/mol. The molecule has 3 aromatic rings. The largest absolute Gasteiger partial charge is 0.325 e. The van der Waals surface area contributed by atoms with E-state index in [-0.39, 0.29) is 29.1 Å². The maximum absolute atomic E-state index is 13.6. The number of carbonyl (C=O) groups excluding carboxylic acids is 1. The smallest absolute Gasteiger partial charge is 0.262 e. The van der Waals surface area contributed by atoms with Crippen molar-refractivity contribution in [2.24, 2.45) is 0 Å². The SMILES string of the molecule is CC[C@@H](C)n1c(SCC(=O)Nc2ccc(C)c(F)c2)nc2ccccc2c1=O. The number of carbonyl (C=O) groups is 1. The number of hydrogen-bond acceptors (Lipinski definition) is 4. The molecule has 1 aromatic heterocycles. The molecule has 0 saturated carbocycles. The number of rotatable bonds is 6. The quantitative estimate of drug-likeness (QED) is 0.488. The van der Waals surface area contributed by atoms with Gasteiger partial charge in [0.15, 0.2) is 5.16 Å². The fraction of sp³-hybridized carbons (Fsp3) is 0.286. The van der Waals surface area contributed by atoms with Crippen LogP contribution in [0.25, 0.3) is 10.9 Å². The molecule has 5 nitrogen and oxygen atoms in total. The first-order valence-electron chi connectivity index (χ1n) is 9.10. The standard InChI is InChI=1S/C21H22FN3O2S/c1-4-14(3)25-20(27)16-7-5-6-8-18(16)24-21(25)28-12-19(26)23-15-10-9-13(2)17(22)11-15/h5-11,14H,4,12H2,1-3H3,(H,23,26)/t14-/m1/s1. The van der Waals surface area contributed by atoms with E-state index in [2.05, 4.69) is 10.3 Å². The number of benzene rings is 2. The molecule has 2 aromatic carbocycles. The number of anilines is 1. The Morgan fingerprint density at radius 3 is 2.75 bits per heavy atom. The number of para-hydroxylation sites is 1. The fourth-order valence-electron chi connectivity index (χ4n) is 2.80. The topological polar surface area (TPSA) is 64.0 Å². The summed E-state index contributed by atoms with van der Waals surface area (Å²) in [4.78, 5) is 29.8. The van der Waals surface area contributed by atoms with Crippen molar-refractivity contribution < 1.29 is 9.18 Å². The number of fused-ring (bicyclic) bond motifs is 1. The molecule has 0 aliphatic rings. The highest BCUT2D eigenvalue weighted by molar-refractivity contribution is 7.99. The zero-order valence-electron chi connectivity index (χ0n) is 16.0. The van der Waals surface area contributed by atoms with E-state index >= 15 is 0 Å². The third kappa shape index (κ3) is 4.25. The van der Waals surface area contributed by atoms with Gasteiger partial charge in [0.2, 0.25) is 5.91 Å². The van der Waals surface area contributed by atoms with Crippen molar-refractivity contribution in [3.05, 3.63) is 64.2 Å². The van der Waals surface area contributed by atoms with E-state index in [4.69, 9.17) is 0 Å². The Labute approximate surface area is 167 Å². The van der Waals surface area contributed by atoms with E-state index in [1.54, 1.807) is 35.8 Å². The first-order chi connectivity index (χ1) is 13.4. The van der Waals surface area contributed by atoms with Crippen molar-refractivity contribution in [1.29, 1.82) is 0 Å². The number of nitrogens with zero attached hydrogens (tertiary/aromatic N) is 2. The van der Waals surface area contributed by atoms with Crippen molar-refractivity contribution in [2.45, 2.75) is 38.4 Å². The second kappa shape index (κ2) is 8.56. The van der Waals surface area contributed by atoms with Gasteiger partial charge in [-0.3, -0.25) is 14.2 Å². The molecule has 3 rings (SSSR count). The summed E-state index contributed by atoms with van der Waals surface area (Å²) in [5, 5.41) is 3.74. The first-order valence-corrected chi connectivity index (χ1v) is 10.1. The number of hydrogen-bond donors (Lipinski definition) is 1. The molecule has 0 radical (unpaired) electrons. The number of nitrogens with one attached hydrogen (secondary N) is 1. The lowest BCUT2D eigenvalue weighted by molar-refractivity contribution is -0.113. The summed E-state index contributed by atoms with van der Waals surface area (Å²) in [6, 6.07) is 11.7. The molecule has 7 heteroatoms. The maximum atomic E-state index is 13.6. The minimum Gasteiger partial charge on any atom is -0.325 e. The van der Waals surface area contributed by atoms with Crippen LogP contribution in [0.5, 0.6) is 0 Å². The van der Waals surface area contributed by atoms with E-state index in [9.17, 15) is 14.0 Å². The Morgan fingerprint density at radius 2 is 2.04 bits per heavy atom. The fourth-order valence-corrected chi connectivity index (χ4v) is 3.69. The van der Waals surface area contributed by atoms with Gasteiger partial charge in [-0.1, -0.05) is 36.9 Å². The van der Waals surface area contributed by atoms with Gasteiger partial charge in [-0.25, -0.2) is 9.37 Å². The molecule has 1 amide bonds. The van der Waals surface area contributed by atoms with E-state index in [1.807, 2.05) is 26.0 Å². The summed E-state index contributed by atoms with van der Waals surface area (Å²) >= 11 is 1.20. The molecule has 0 fully saturated rings. The number of aromatic nitrogens is 2. The molecule has 1 N–H and O–H groups in total. The van der Waals surface area contributed by atoms with Crippen LogP contribution in [0.1, 0.15) is 31.9 Å². The molecule has 0 spiro atoms. The summed E-state index contributed by atoms with van der Waals surface area (Å²) in [5.74, 6) is -0.588. The third-order valence-electron chi connectivity index (χ3n) is 4.59. The molecule has 0 aliphatic heterocycles. The van der Waals surface area contributed by atoms with Crippen molar-refractivity contribution >= 4 is 34.3 Å². The Balaban J connectivity index is 1.83. The molecule has 1 atom stereocenters. The van der Waals surface area contributed by atoms with Crippen LogP contribution < -0.4 is 10.9 Å². The predicted octanol–water partition coefficient (Wildman–Crippen LogP) is 4.55. The normalized spacial score (nSPS) is 12.1. The van der Waals surface area contributed by atoms with Gasteiger partial charge in [0.1, 0.15) is 5.82 Å². The first kappa shape index (κ1) is 20.1. The van der Waals surface area contributed by atoms with Crippen LogP contribution in [0.2, 0.25) is 0 Å². The van der Waals surface area contributed by atoms with Gasteiger partial charge >= 0.3 is 0 Å². The highest BCUT2D eigenvalue weighted by atomic mass is 32.2. The van der Waals surface area contributed by atoms with Gasteiger partial charge in [0, 0.05) is 11.7 Å². The number of aryl methyl sites for hydroxylation is 1. The summed E-state index contributed by atoms with van der Waals surface area (Å²) < 4.78 is 15.3. The lowest BCUT2D eigenvalue weighted by atomic mass is 10.2. The average Bonchev–Trinajstić information content (AvgIpc) is 2.69. The lowest BCUT2D eigenvalue weighted by Crippen LogP contribution is -2.26. The van der Waals surface area contributed by atoms with Crippen molar-refractivity contribution in [3.63, 3.8) is 0 Å². The minimum absolute atomic E-state index is 0.0404. The number of halogens is 1. The van der Waals surface area contributed by atoms with Gasteiger partial charge < -0.3 is 5.32 Å². The van der Waals surface area contributed by atoms with E-state index in [0.717, 1.165) is 6.42 Å². The molecule has 0 unspecified atom stereocenters. The summed E-state index contributed by atoms with van der Waals surface area (Å²) in [7, 11) is 0. The second-order valence-electron chi connectivity index (χ2n) is 6.64. The zero-order chi connectivity index (χ0) is 20.3. The van der Waals surface area contributed by atoms with Crippen LogP contribution in [-0.2, 0) is 4.79 Å². The van der Waals surface area contributed by atoms with Crippen LogP contribution in [0.4, 0.5) is 10.1 Å². The van der Waals surface area contributed by atoms with Crippen LogP contribution in [0.3, 0.4) is 0 Å². The molecular weight excluding hydrogens is 377 g/mol. The van der Waals surface area contributed by atoms with Gasteiger partial charge in [0.25, 0.3) is 5.56 Å². The van der Waals surface area contributed by atoms with Gasteiger partial charge in [-0.2, -0.15) is 0 Å². The highest BCUT2D eigenvalue weighted by Gasteiger charge is 2.16.